The molecular formula is C22H21Cl3N2O5S. The predicted molar refractivity (Wildman–Crippen MR) is 133 cm³/mol. The molecular weight excluding hydrogens is 511 g/mol. The van der Waals surface area contributed by atoms with E-state index in [0.29, 0.717) is 5.69 Å². The molecule has 0 unspecified atom stereocenters. The number of ether oxygens (including phenoxy) is 1. The van der Waals surface area contributed by atoms with Crippen molar-refractivity contribution < 1.29 is 18.1 Å². The van der Waals surface area contributed by atoms with Gasteiger partial charge in [-0.25, -0.2) is 8.42 Å². The van der Waals surface area contributed by atoms with E-state index in [0.717, 1.165) is 11.6 Å². The standard InChI is InChI=1S/C21H17Cl3N2O5S.CH4/c1-12(2)15-5-3-4-6-19(15)25-32(29,30)14-10-17(23)21(18(24)11-14)31-20-8-7-13(26(27)28)9-16(20)22;/h3-12,25H,1-2H3;1H4. The maximum absolute atomic E-state index is 13.0. The number of para-hydroxylation sites is 1. The first-order valence-electron chi connectivity index (χ1n) is 9.22. The third-order valence-corrected chi connectivity index (χ3v) is 6.65. The molecule has 0 spiro atoms. The van der Waals surface area contributed by atoms with Crippen LogP contribution in [0.1, 0.15) is 32.8 Å². The van der Waals surface area contributed by atoms with E-state index in [4.69, 9.17) is 39.5 Å². The lowest BCUT2D eigenvalue weighted by atomic mass is 10.0. The summed E-state index contributed by atoms with van der Waals surface area (Å²) in [5.41, 5.74) is 1.07. The van der Waals surface area contributed by atoms with Crippen LogP contribution >= 0.6 is 34.8 Å². The van der Waals surface area contributed by atoms with Crippen LogP contribution < -0.4 is 9.46 Å². The first-order valence-corrected chi connectivity index (χ1v) is 11.8. The van der Waals surface area contributed by atoms with Gasteiger partial charge in [-0.3, -0.25) is 14.8 Å². The highest BCUT2D eigenvalue weighted by atomic mass is 35.5. The molecule has 0 aromatic heterocycles. The summed E-state index contributed by atoms with van der Waals surface area (Å²) in [5.74, 6) is 0.134. The first-order chi connectivity index (χ1) is 15.0. The molecule has 3 aromatic rings. The number of hydrogen-bond donors (Lipinski definition) is 1. The van der Waals surface area contributed by atoms with E-state index < -0.39 is 14.9 Å². The van der Waals surface area contributed by atoms with Gasteiger partial charge in [0.25, 0.3) is 15.7 Å². The van der Waals surface area contributed by atoms with Crippen LogP contribution in [0.5, 0.6) is 11.5 Å². The van der Waals surface area contributed by atoms with Crippen LogP contribution in [0.15, 0.2) is 59.5 Å². The highest BCUT2D eigenvalue weighted by Crippen LogP contribution is 2.41. The smallest absolute Gasteiger partial charge is 0.271 e. The van der Waals surface area contributed by atoms with Crippen molar-refractivity contribution in [1.29, 1.82) is 0 Å². The highest BCUT2D eigenvalue weighted by Gasteiger charge is 2.22. The Labute approximate surface area is 207 Å². The van der Waals surface area contributed by atoms with Crippen LogP contribution in [0.4, 0.5) is 11.4 Å². The second-order valence-corrected chi connectivity index (χ2v) is 9.94. The SMILES string of the molecule is C.CC(C)c1ccccc1NS(=O)(=O)c1cc(Cl)c(Oc2ccc([N+](=O)[O-])cc2Cl)c(Cl)c1. The maximum Gasteiger partial charge on any atom is 0.271 e. The zero-order valence-electron chi connectivity index (χ0n) is 16.8. The van der Waals surface area contributed by atoms with E-state index in [1.807, 2.05) is 26.0 Å². The van der Waals surface area contributed by atoms with E-state index >= 15 is 0 Å². The number of halogens is 3. The predicted octanol–water partition coefficient (Wildman–Crippen LogP) is 7.91. The van der Waals surface area contributed by atoms with Gasteiger partial charge >= 0.3 is 0 Å². The molecule has 0 aliphatic carbocycles. The molecule has 176 valence electrons. The molecule has 0 heterocycles. The minimum atomic E-state index is -4.00. The largest absolute Gasteiger partial charge is 0.453 e. The van der Waals surface area contributed by atoms with Gasteiger partial charge in [-0.1, -0.05) is 74.3 Å². The number of rotatable bonds is 7. The Balaban J connectivity index is 0.00000385. The van der Waals surface area contributed by atoms with Gasteiger partial charge in [-0.15, -0.1) is 0 Å². The normalized spacial score (nSPS) is 11.1. The Morgan fingerprint density at radius 1 is 0.970 bits per heavy atom. The number of hydrogen-bond acceptors (Lipinski definition) is 5. The summed E-state index contributed by atoms with van der Waals surface area (Å²) in [6.45, 7) is 3.91. The topological polar surface area (TPSA) is 98.5 Å². The number of anilines is 1. The van der Waals surface area contributed by atoms with Crippen LogP contribution in [0, 0.1) is 10.1 Å². The van der Waals surface area contributed by atoms with Gasteiger partial charge in [0, 0.05) is 12.1 Å². The van der Waals surface area contributed by atoms with E-state index in [9.17, 15) is 18.5 Å². The van der Waals surface area contributed by atoms with Crippen LogP contribution in [0.25, 0.3) is 0 Å². The van der Waals surface area contributed by atoms with Crippen molar-refractivity contribution in [2.24, 2.45) is 0 Å². The molecule has 0 fully saturated rings. The number of nitrogens with one attached hydrogen (secondary N) is 1. The number of non-ortho nitro benzene ring substituents is 1. The van der Waals surface area contributed by atoms with Gasteiger partial charge in [0.2, 0.25) is 0 Å². The summed E-state index contributed by atoms with van der Waals surface area (Å²) < 4.78 is 34.1. The fourth-order valence-corrected chi connectivity index (χ4v) is 4.93. The van der Waals surface area contributed by atoms with Gasteiger partial charge in [0.15, 0.2) is 5.75 Å². The lowest BCUT2D eigenvalue weighted by Gasteiger charge is -2.16. The van der Waals surface area contributed by atoms with E-state index in [2.05, 4.69) is 4.72 Å². The third kappa shape index (κ3) is 6.09. The van der Waals surface area contributed by atoms with Gasteiger partial charge < -0.3 is 4.74 Å². The second-order valence-electron chi connectivity index (χ2n) is 7.04. The average Bonchev–Trinajstić information content (AvgIpc) is 2.71. The molecule has 3 rings (SSSR count). The summed E-state index contributed by atoms with van der Waals surface area (Å²) in [4.78, 5) is 10.1. The summed E-state index contributed by atoms with van der Waals surface area (Å²) in [6.07, 6.45) is 0. The van der Waals surface area contributed by atoms with Gasteiger partial charge in [0.1, 0.15) is 5.75 Å². The third-order valence-electron chi connectivity index (χ3n) is 4.45. The quantitative estimate of drug-likeness (QED) is 0.247. The molecule has 0 amide bonds. The van der Waals surface area contributed by atoms with E-state index in [-0.39, 0.29) is 50.5 Å². The fraction of sp³-hybridized carbons (Fsp3) is 0.182. The van der Waals surface area contributed by atoms with Crippen LogP contribution in [0.3, 0.4) is 0 Å². The molecule has 0 aliphatic heterocycles. The first kappa shape index (κ1) is 26.7. The minimum Gasteiger partial charge on any atom is -0.453 e. The molecule has 0 saturated carbocycles. The van der Waals surface area contributed by atoms with Gasteiger partial charge in [0.05, 0.1) is 30.6 Å². The Kier molecular flexibility index (Phi) is 8.59. The molecule has 0 bridgehead atoms. The van der Waals surface area contributed by atoms with Crippen molar-refractivity contribution in [2.75, 3.05) is 4.72 Å². The zero-order valence-corrected chi connectivity index (χ0v) is 19.9. The number of nitro groups is 1. The van der Waals surface area contributed by atoms with Crippen molar-refractivity contribution in [1.82, 2.24) is 0 Å². The molecule has 0 atom stereocenters. The molecule has 0 radical (unpaired) electrons. The summed E-state index contributed by atoms with van der Waals surface area (Å²) in [6, 6.07) is 13.1. The van der Waals surface area contributed by atoms with Gasteiger partial charge in [-0.05, 0) is 35.7 Å². The van der Waals surface area contributed by atoms with Crippen molar-refractivity contribution in [3.63, 3.8) is 0 Å². The molecule has 1 N–H and O–H groups in total. The molecule has 3 aromatic carbocycles. The summed E-state index contributed by atoms with van der Waals surface area (Å²) >= 11 is 18.6. The van der Waals surface area contributed by atoms with Gasteiger partial charge in [-0.2, -0.15) is 0 Å². The number of sulfonamides is 1. The average molecular weight is 532 g/mol. The lowest BCUT2D eigenvalue weighted by Crippen LogP contribution is -2.14. The Bertz CT molecular complexity index is 1270. The highest BCUT2D eigenvalue weighted by molar-refractivity contribution is 7.92. The molecule has 11 heteroatoms. The maximum atomic E-state index is 13.0. The molecule has 7 nitrogen and oxygen atoms in total. The van der Waals surface area contributed by atoms with Crippen LogP contribution in [0.2, 0.25) is 15.1 Å². The van der Waals surface area contributed by atoms with Crippen molar-refractivity contribution in [3.05, 3.63) is 85.3 Å². The number of nitro benzene ring substituents is 1. The number of benzene rings is 3. The lowest BCUT2D eigenvalue weighted by molar-refractivity contribution is -0.384. The summed E-state index contributed by atoms with van der Waals surface area (Å²) in [5, 5.41) is 10.7. The zero-order chi connectivity index (χ0) is 23.6. The molecule has 0 saturated heterocycles. The Hall–Kier alpha value is -2.52. The second kappa shape index (κ2) is 10.6. The molecule has 0 aliphatic rings. The van der Waals surface area contributed by atoms with E-state index in [1.54, 1.807) is 12.1 Å². The van der Waals surface area contributed by atoms with Crippen molar-refractivity contribution in [3.8, 4) is 11.5 Å². The summed E-state index contributed by atoms with van der Waals surface area (Å²) in [7, 11) is -4.00. The monoisotopic (exact) mass is 530 g/mol. The fourth-order valence-electron chi connectivity index (χ4n) is 2.88. The van der Waals surface area contributed by atoms with Crippen LogP contribution in [-0.2, 0) is 10.0 Å². The van der Waals surface area contributed by atoms with Crippen molar-refractivity contribution in [2.45, 2.75) is 32.1 Å². The minimum absolute atomic E-state index is 0. The molecule has 33 heavy (non-hydrogen) atoms. The Morgan fingerprint density at radius 2 is 1.58 bits per heavy atom. The number of nitrogens with zero attached hydrogens (tertiary/aromatic N) is 1. The van der Waals surface area contributed by atoms with Crippen molar-refractivity contribution >= 4 is 56.2 Å². The Morgan fingerprint density at radius 3 is 2.12 bits per heavy atom. The van der Waals surface area contributed by atoms with Crippen LogP contribution in [-0.4, -0.2) is 13.3 Å². The van der Waals surface area contributed by atoms with E-state index in [1.165, 1.54) is 24.3 Å².